The van der Waals surface area contributed by atoms with Crippen LogP contribution in [0.5, 0.6) is 5.75 Å². The van der Waals surface area contributed by atoms with Crippen molar-refractivity contribution in [3.8, 4) is 5.75 Å². The fraction of sp³-hybridized carbons (Fsp3) is 0.462. The number of hydrogen-bond acceptors (Lipinski definition) is 4. The van der Waals surface area contributed by atoms with Gasteiger partial charge in [-0.1, -0.05) is 26.3 Å². The molecule has 1 atom stereocenters. The summed E-state index contributed by atoms with van der Waals surface area (Å²) in [7, 11) is -3.74. The van der Waals surface area contributed by atoms with Crippen LogP contribution in [-0.4, -0.2) is 20.9 Å². The third-order valence-corrected chi connectivity index (χ3v) is 4.22. The van der Waals surface area contributed by atoms with Crippen LogP contribution in [0.4, 0.5) is 5.69 Å². The van der Waals surface area contributed by atoms with Gasteiger partial charge >= 0.3 is 10.2 Å². The maximum Gasteiger partial charge on any atom is 0.344 e. The lowest BCUT2D eigenvalue weighted by atomic mass is 10.1. The summed E-state index contributed by atoms with van der Waals surface area (Å²) in [5.41, 5.74) is 6.64. The van der Waals surface area contributed by atoms with E-state index in [2.05, 4.69) is 23.0 Å². The number of nitrogens with one attached hydrogen (secondary N) is 1. The first kappa shape index (κ1) is 14.6. The highest BCUT2D eigenvalue weighted by atomic mass is 32.2. The standard InChI is InChI=1S/C13H19N3O3S/c1-3-9(2)7-8-19-11-6-4-5-10-12(11)13(14)16-20(17,18)15-10/h4-6,9,15H,3,7-8H2,1-2H3,(H2,14,16). The van der Waals surface area contributed by atoms with Crippen LogP contribution in [0.3, 0.4) is 0 Å². The first-order valence-corrected chi connectivity index (χ1v) is 8.01. The first-order chi connectivity index (χ1) is 9.43. The van der Waals surface area contributed by atoms with Gasteiger partial charge < -0.3 is 10.5 Å². The second kappa shape index (κ2) is 5.70. The molecular weight excluding hydrogens is 278 g/mol. The fourth-order valence-electron chi connectivity index (χ4n) is 1.91. The Hall–Kier alpha value is -1.76. The zero-order chi connectivity index (χ0) is 14.8. The van der Waals surface area contributed by atoms with Gasteiger partial charge in [-0.15, -0.1) is 4.40 Å². The van der Waals surface area contributed by atoms with E-state index in [4.69, 9.17) is 10.5 Å². The summed E-state index contributed by atoms with van der Waals surface area (Å²) >= 11 is 0. The van der Waals surface area contributed by atoms with E-state index in [0.29, 0.717) is 29.5 Å². The number of anilines is 1. The van der Waals surface area contributed by atoms with Crippen molar-refractivity contribution in [2.75, 3.05) is 11.3 Å². The molecule has 6 nitrogen and oxygen atoms in total. The van der Waals surface area contributed by atoms with E-state index in [1.807, 2.05) is 0 Å². The summed E-state index contributed by atoms with van der Waals surface area (Å²) in [4.78, 5) is 0. The Morgan fingerprint density at radius 3 is 2.90 bits per heavy atom. The minimum Gasteiger partial charge on any atom is -0.493 e. The number of hydrogen-bond donors (Lipinski definition) is 2. The molecule has 0 fully saturated rings. The molecule has 2 rings (SSSR count). The summed E-state index contributed by atoms with van der Waals surface area (Å²) in [5, 5.41) is 0. The molecule has 0 aliphatic carbocycles. The molecule has 0 radical (unpaired) electrons. The zero-order valence-corrected chi connectivity index (χ0v) is 12.4. The Kier molecular flexibility index (Phi) is 4.17. The molecule has 0 saturated heterocycles. The maximum atomic E-state index is 11.5. The predicted octanol–water partition coefficient (Wildman–Crippen LogP) is 1.88. The minimum absolute atomic E-state index is 0.0436. The Labute approximate surface area is 119 Å². The second-order valence-electron chi connectivity index (χ2n) is 4.88. The van der Waals surface area contributed by atoms with Gasteiger partial charge in [0.2, 0.25) is 0 Å². The highest BCUT2D eigenvalue weighted by molar-refractivity contribution is 7.91. The van der Waals surface area contributed by atoms with Crippen molar-refractivity contribution in [1.29, 1.82) is 0 Å². The van der Waals surface area contributed by atoms with Crippen LogP contribution in [0.2, 0.25) is 0 Å². The molecular formula is C13H19N3O3S. The van der Waals surface area contributed by atoms with Crippen molar-refractivity contribution in [1.82, 2.24) is 0 Å². The number of nitrogens with zero attached hydrogens (tertiary/aromatic N) is 1. The molecule has 0 bridgehead atoms. The van der Waals surface area contributed by atoms with E-state index >= 15 is 0 Å². The number of ether oxygens (including phenoxy) is 1. The van der Waals surface area contributed by atoms with Gasteiger partial charge in [-0.25, -0.2) is 0 Å². The Bertz CT molecular complexity index is 626. The van der Waals surface area contributed by atoms with Gasteiger partial charge in [0.05, 0.1) is 17.9 Å². The van der Waals surface area contributed by atoms with Crippen LogP contribution in [0.1, 0.15) is 32.3 Å². The van der Waals surface area contributed by atoms with Crippen LogP contribution in [0.15, 0.2) is 22.6 Å². The normalized spacial score (nSPS) is 17.6. The molecule has 1 unspecified atom stereocenters. The lowest BCUT2D eigenvalue weighted by Crippen LogP contribution is -2.27. The average Bonchev–Trinajstić information content (AvgIpc) is 2.36. The summed E-state index contributed by atoms with van der Waals surface area (Å²) < 4.78 is 34.4. The van der Waals surface area contributed by atoms with Crippen molar-refractivity contribution >= 4 is 21.7 Å². The van der Waals surface area contributed by atoms with Gasteiger partial charge in [0.1, 0.15) is 5.75 Å². The van der Waals surface area contributed by atoms with E-state index in [-0.39, 0.29) is 5.84 Å². The third-order valence-electron chi connectivity index (χ3n) is 3.30. The third kappa shape index (κ3) is 3.22. The van der Waals surface area contributed by atoms with Crippen LogP contribution in [0, 0.1) is 5.92 Å². The van der Waals surface area contributed by atoms with Crippen LogP contribution >= 0.6 is 0 Å². The highest BCUT2D eigenvalue weighted by Gasteiger charge is 2.24. The number of benzene rings is 1. The average molecular weight is 297 g/mol. The molecule has 1 aliphatic rings. The summed E-state index contributed by atoms with van der Waals surface area (Å²) in [6, 6.07) is 5.12. The monoisotopic (exact) mass is 297 g/mol. The Morgan fingerprint density at radius 1 is 1.45 bits per heavy atom. The zero-order valence-electron chi connectivity index (χ0n) is 11.6. The van der Waals surface area contributed by atoms with Gasteiger partial charge in [-0.3, -0.25) is 4.72 Å². The number of nitrogens with two attached hydrogens (primary N) is 1. The topological polar surface area (TPSA) is 93.8 Å². The largest absolute Gasteiger partial charge is 0.493 e. The molecule has 0 amide bonds. The quantitative estimate of drug-likeness (QED) is 0.867. The number of rotatable bonds is 5. The molecule has 0 spiro atoms. The van der Waals surface area contributed by atoms with E-state index in [1.165, 1.54) is 0 Å². The Balaban J connectivity index is 2.21. The van der Waals surface area contributed by atoms with E-state index in [1.54, 1.807) is 18.2 Å². The molecule has 110 valence electrons. The molecule has 7 heteroatoms. The van der Waals surface area contributed by atoms with E-state index in [9.17, 15) is 8.42 Å². The summed E-state index contributed by atoms with van der Waals surface area (Å²) in [5.74, 6) is 1.09. The molecule has 1 aliphatic heterocycles. The lowest BCUT2D eigenvalue weighted by Gasteiger charge is -2.19. The van der Waals surface area contributed by atoms with Crippen molar-refractivity contribution in [2.24, 2.45) is 16.0 Å². The van der Waals surface area contributed by atoms with Crippen molar-refractivity contribution in [3.05, 3.63) is 23.8 Å². The lowest BCUT2D eigenvalue weighted by molar-refractivity contribution is 0.281. The van der Waals surface area contributed by atoms with Crippen LogP contribution in [0.25, 0.3) is 0 Å². The number of fused-ring (bicyclic) bond motifs is 1. The second-order valence-corrected chi connectivity index (χ2v) is 6.22. The van der Waals surface area contributed by atoms with Gasteiger partial charge in [0.15, 0.2) is 5.84 Å². The van der Waals surface area contributed by atoms with Crippen molar-refractivity contribution in [3.63, 3.8) is 0 Å². The molecule has 1 aromatic rings. The van der Waals surface area contributed by atoms with Gasteiger partial charge in [0.25, 0.3) is 0 Å². The molecule has 1 aromatic carbocycles. The fourth-order valence-corrected chi connectivity index (χ4v) is 2.76. The van der Waals surface area contributed by atoms with Crippen molar-refractivity contribution < 1.29 is 13.2 Å². The Morgan fingerprint density at radius 2 is 2.20 bits per heavy atom. The summed E-state index contributed by atoms with van der Waals surface area (Å²) in [6.07, 6.45) is 2.03. The summed E-state index contributed by atoms with van der Waals surface area (Å²) in [6.45, 7) is 4.85. The molecule has 20 heavy (non-hydrogen) atoms. The van der Waals surface area contributed by atoms with Gasteiger partial charge in [0, 0.05) is 0 Å². The smallest absolute Gasteiger partial charge is 0.344 e. The molecule has 0 saturated carbocycles. The number of amidine groups is 1. The van der Waals surface area contributed by atoms with E-state index < -0.39 is 10.2 Å². The van der Waals surface area contributed by atoms with Crippen LogP contribution in [-0.2, 0) is 10.2 Å². The van der Waals surface area contributed by atoms with E-state index in [0.717, 1.165) is 12.8 Å². The predicted molar refractivity (Wildman–Crippen MR) is 79.3 cm³/mol. The molecule has 3 N–H and O–H groups in total. The maximum absolute atomic E-state index is 11.5. The van der Waals surface area contributed by atoms with Crippen molar-refractivity contribution in [2.45, 2.75) is 26.7 Å². The minimum atomic E-state index is -3.74. The SMILES string of the molecule is CCC(C)CCOc1cccc2c1C(N)=NS(=O)(=O)N2. The van der Waals surface area contributed by atoms with Gasteiger partial charge in [-0.05, 0) is 24.5 Å². The highest BCUT2D eigenvalue weighted by Crippen LogP contribution is 2.30. The first-order valence-electron chi connectivity index (χ1n) is 6.57. The molecule has 0 aromatic heterocycles. The van der Waals surface area contributed by atoms with Crippen LogP contribution < -0.4 is 15.2 Å². The van der Waals surface area contributed by atoms with Gasteiger partial charge in [-0.2, -0.15) is 8.42 Å². The molecule has 1 heterocycles.